The normalized spacial score (nSPS) is 20.1. The Morgan fingerprint density at radius 2 is 1.70 bits per heavy atom. The molecule has 0 saturated carbocycles. The highest BCUT2D eigenvalue weighted by atomic mass is 32.2. The zero-order chi connectivity index (χ0) is 21.8. The molecule has 1 heterocycles. The maximum atomic E-state index is 12.7. The minimum Gasteiger partial charge on any atom is -0.493 e. The molecule has 30 heavy (non-hydrogen) atoms. The van der Waals surface area contributed by atoms with E-state index in [0.29, 0.717) is 18.0 Å². The Morgan fingerprint density at radius 3 is 2.37 bits per heavy atom. The predicted octanol–water partition coefficient (Wildman–Crippen LogP) is 4.16. The van der Waals surface area contributed by atoms with E-state index < -0.39 is 10.1 Å². The van der Waals surface area contributed by atoms with Crippen LogP contribution in [0.4, 0.5) is 0 Å². The van der Waals surface area contributed by atoms with Crippen molar-refractivity contribution in [1.29, 1.82) is 0 Å². The molecule has 0 amide bonds. The second-order valence-corrected chi connectivity index (χ2v) is 9.71. The molecule has 7 heteroatoms. The number of nitrogens with zero attached hydrogens (tertiary/aromatic N) is 1. The van der Waals surface area contributed by atoms with Gasteiger partial charge in [0, 0.05) is 12.1 Å². The van der Waals surface area contributed by atoms with Crippen molar-refractivity contribution >= 4 is 10.1 Å². The van der Waals surface area contributed by atoms with Crippen molar-refractivity contribution in [3.63, 3.8) is 0 Å². The van der Waals surface area contributed by atoms with Crippen molar-refractivity contribution in [3.05, 3.63) is 53.6 Å². The third kappa shape index (κ3) is 5.14. The Labute approximate surface area is 179 Å². The fourth-order valence-corrected chi connectivity index (χ4v) is 4.86. The highest BCUT2D eigenvalue weighted by Crippen LogP contribution is 2.33. The SMILES string of the molecule is COc1ccc(CN2CCCC[C@]2(C)COS(=O)(=O)c2ccc(C)cc2)cc1OC. The molecule has 1 fully saturated rings. The van der Waals surface area contributed by atoms with Crippen molar-refractivity contribution in [2.45, 2.75) is 50.1 Å². The Balaban J connectivity index is 1.74. The van der Waals surface area contributed by atoms with Crippen LogP contribution in [0.2, 0.25) is 0 Å². The van der Waals surface area contributed by atoms with E-state index in [4.69, 9.17) is 13.7 Å². The summed E-state index contributed by atoms with van der Waals surface area (Å²) < 4.78 is 41.6. The Kier molecular flexibility index (Phi) is 7.06. The van der Waals surface area contributed by atoms with Crippen LogP contribution in [0.25, 0.3) is 0 Å². The van der Waals surface area contributed by atoms with E-state index >= 15 is 0 Å². The summed E-state index contributed by atoms with van der Waals surface area (Å²) in [4.78, 5) is 2.50. The van der Waals surface area contributed by atoms with E-state index in [1.165, 1.54) is 0 Å². The van der Waals surface area contributed by atoms with Gasteiger partial charge in [0.25, 0.3) is 10.1 Å². The molecule has 0 aromatic heterocycles. The number of likely N-dealkylation sites (tertiary alicyclic amines) is 1. The lowest BCUT2D eigenvalue weighted by Crippen LogP contribution is -2.52. The number of aryl methyl sites for hydroxylation is 1. The van der Waals surface area contributed by atoms with Crippen molar-refractivity contribution in [2.75, 3.05) is 27.4 Å². The molecule has 2 aromatic rings. The van der Waals surface area contributed by atoms with E-state index in [9.17, 15) is 8.42 Å². The van der Waals surface area contributed by atoms with Crippen molar-refractivity contribution < 1.29 is 22.1 Å². The maximum Gasteiger partial charge on any atom is 0.297 e. The summed E-state index contributed by atoms with van der Waals surface area (Å²) >= 11 is 0. The number of ether oxygens (including phenoxy) is 2. The fourth-order valence-electron chi connectivity index (χ4n) is 3.85. The monoisotopic (exact) mass is 433 g/mol. The zero-order valence-electron chi connectivity index (χ0n) is 18.2. The Bertz CT molecular complexity index is 958. The summed E-state index contributed by atoms with van der Waals surface area (Å²) in [5.41, 5.74) is 1.72. The minimum absolute atomic E-state index is 0.122. The third-order valence-electron chi connectivity index (χ3n) is 5.81. The molecule has 164 valence electrons. The number of hydrogen-bond acceptors (Lipinski definition) is 6. The van der Waals surface area contributed by atoms with Crippen molar-refractivity contribution in [3.8, 4) is 11.5 Å². The average Bonchev–Trinajstić information content (AvgIpc) is 2.74. The van der Waals surface area contributed by atoms with Crippen LogP contribution >= 0.6 is 0 Å². The standard InChI is InChI=1S/C23H31NO5S/c1-18-7-10-20(11-8-18)30(25,26)29-17-23(2)13-5-6-14-24(23)16-19-9-12-21(27-3)22(15-19)28-4/h7-12,15H,5-6,13-14,16-17H2,1-4H3/t23-/m1/s1. The summed E-state index contributed by atoms with van der Waals surface area (Å²) in [6.45, 7) is 5.70. The summed E-state index contributed by atoms with van der Waals surface area (Å²) in [7, 11) is -0.556. The average molecular weight is 434 g/mol. The highest BCUT2D eigenvalue weighted by Gasteiger charge is 2.36. The van der Waals surface area contributed by atoms with Crippen LogP contribution in [-0.4, -0.2) is 46.2 Å². The molecule has 2 aromatic carbocycles. The van der Waals surface area contributed by atoms with Crippen LogP contribution in [0.5, 0.6) is 11.5 Å². The van der Waals surface area contributed by atoms with Crippen LogP contribution in [0, 0.1) is 6.92 Å². The van der Waals surface area contributed by atoms with Crippen LogP contribution in [0.1, 0.15) is 37.3 Å². The molecule has 0 radical (unpaired) electrons. The van der Waals surface area contributed by atoms with Crippen molar-refractivity contribution in [2.24, 2.45) is 0 Å². The molecular formula is C23H31NO5S. The molecule has 0 bridgehead atoms. The Morgan fingerprint density at radius 1 is 1.00 bits per heavy atom. The quantitative estimate of drug-likeness (QED) is 0.583. The number of rotatable bonds is 8. The molecule has 1 aliphatic rings. The molecule has 0 N–H and O–H groups in total. The lowest BCUT2D eigenvalue weighted by Gasteiger charge is -2.44. The molecule has 1 atom stereocenters. The first-order valence-electron chi connectivity index (χ1n) is 10.2. The lowest BCUT2D eigenvalue weighted by molar-refractivity contribution is 0.0163. The van der Waals surface area contributed by atoms with Crippen molar-refractivity contribution in [1.82, 2.24) is 4.90 Å². The third-order valence-corrected chi connectivity index (χ3v) is 7.09. The van der Waals surface area contributed by atoms with Gasteiger partial charge in [-0.15, -0.1) is 0 Å². The van der Waals surface area contributed by atoms with Crippen LogP contribution < -0.4 is 9.47 Å². The number of hydrogen-bond donors (Lipinski definition) is 0. The van der Waals surface area contributed by atoms with Gasteiger partial charge in [0.15, 0.2) is 11.5 Å². The van der Waals surface area contributed by atoms with Gasteiger partial charge in [-0.2, -0.15) is 8.42 Å². The second-order valence-electron chi connectivity index (χ2n) is 8.09. The van der Waals surface area contributed by atoms with Gasteiger partial charge in [0.05, 0.1) is 25.7 Å². The van der Waals surface area contributed by atoms with Gasteiger partial charge in [0.2, 0.25) is 0 Å². The van der Waals surface area contributed by atoms with Gasteiger partial charge in [-0.1, -0.05) is 30.2 Å². The molecule has 1 aliphatic heterocycles. The topological polar surface area (TPSA) is 65.1 Å². The number of piperidine rings is 1. The van der Waals surface area contributed by atoms with E-state index in [0.717, 1.165) is 36.9 Å². The summed E-state index contributed by atoms with van der Waals surface area (Å²) in [5.74, 6) is 1.38. The number of methoxy groups -OCH3 is 2. The Hall–Kier alpha value is -2.09. The zero-order valence-corrected chi connectivity index (χ0v) is 19.0. The molecule has 0 aliphatic carbocycles. The highest BCUT2D eigenvalue weighted by molar-refractivity contribution is 7.86. The summed E-state index contributed by atoms with van der Waals surface area (Å²) in [6, 6.07) is 12.6. The molecule has 6 nitrogen and oxygen atoms in total. The molecule has 0 spiro atoms. The lowest BCUT2D eigenvalue weighted by atomic mass is 9.88. The van der Waals surface area contributed by atoms with E-state index in [-0.39, 0.29) is 17.0 Å². The van der Waals surface area contributed by atoms with Gasteiger partial charge in [0.1, 0.15) is 0 Å². The van der Waals surface area contributed by atoms with E-state index in [2.05, 4.69) is 11.8 Å². The van der Waals surface area contributed by atoms with Crippen LogP contribution in [0.15, 0.2) is 47.4 Å². The first kappa shape index (κ1) is 22.6. The fraction of sp³-hybridized carbons (Fsp3) is 0.478. The smallest absolute Gasteiger partial charge is 0.297 e. The van der Waals surface area contributed by atoms with Gasteiger partial charge >= 0.3 is 0 Å². The van der Waals surface area contributed by atoms with E-state index in [1.807, 2.05) is 25.1 Å². The van der Waals surface area contributed by atoms with Gasteiger partial charge in [-0.05, 0) is 63.1 Å². The minimum atomic E-state index is -3.79. The first-order chi connectivity index (χ1) is 14.3. The van der Waals surface area contributed by atoms with Crippen LogP contribution in [-0.2, 0) is 20.8 Å². The summed E-state index contributed by atoms with van der Waals surface area (Å²) in [6.07, 6.45) is 3.00. The molecule has 3 rings (SSSR count). The van der Waals surface area contributed by atoms with Gasteiger partial charge in [-0.25, -0.2) is 0 Å². The van der Waals surface area contributed by atoms with Crippen LogP contribution in [0.3, 0.4) is 0 Å². The van der Waals surface area contributed by atoms with Gasteiger partial charge in [-0.3, -0.25) is 9.08 Å². The van der Waals surface area contributed by atoms with Gasteiger partial charge < -0.3 is 9.47 Å². The first-order valence-corrected chi connectivity index (χ1v) is 11.6. The van der Waals surface area contributed by atoms with E-state index in [1.54, 1.807) is 38.5 Å². The largest absolute Gasteiger partial charge is 0.493 e. The molecule has 0 unspecified atom stereocenters. The molecule has 1 saturated heterocycles. The molecular weight excluding hydrogens is 402 g/mol. The summed E-state index contributed by atoms with van der Waals surface area (Å²) in [5, 5.41) is 0. The second kappa shape index (κ2) is 9.37. The number of benzene rings is 2. The maximum absolute atomic E-state index is 12.7. The predicted molar refractivity (Wildman–Crippen MR) is 117 cm³/mol.